The molecule has 0 aromatic rings. The largest absolute Gasteiger partial charge is 0.454 e. The summed E-state index contributed by atoms with van der Waals surface area (Å²) in [6, 6.07) is -1.01. The van der Waals surface area contributed by atoms with Crippen LogP contribution in [-0.4, -0.2) is 99.6 Å². The van der Waals surface area contributed by atoms with E-state index in [0.29, 0.717) is 19.3 Å². The number of aliphatic hydroxyl groups is 5. The lowest BCUT2D eigenvalue weighted by molar-refractivity contribution is -0.305. The Bertz CT molecular complexity index is 1160. The second-order valence-corrected chi connectivity index (χ2v) is 20.4. The molecular weight excluding hydrogens is 859 g/mol. The Morgan fingerprint density at radius 1 is 0.559 bits per heavy atom. The number of unbranched alkanes of at least 4 members (excludes halogenated alkanes) is 35. The molecule has 0 saturated carbocycles. The molecule has 1 rings (SSSR count). The van der Waals surface area contributed by atoms with Gasteiger partial charge >= 0.3 is 5.97 Å². The molecule has 1 aliphatic heterocycles. The molecule has 0 radical (unpaired) electrons. The maximum absolute atomic E-state index is 13.4. The Kier molecular flexibility index (Phi) is 44.0. The third-order valence-electron chi connectivity index (χ3n) is 13.9. The van der Waals surface area contributed by atoms with Gasteiger partial charge in [-0.25, -0.2) is 0 Å². The Balaban J connectivity index is 2.74. The summed E-state index contributed by atoms with van der Waals surface area (Å²) in [5.41, 5.74) is 0. The Labute approximate surface area is 417 Å². The van der Waals surface area contributed by atoms with Crippen LogP contribution < -0.4 is 5.32 Å². The van der Waals surface area contributed by atoms with Crippen molar-refractivity contribution in [3.63, 3.8) is 0 Å². The summed E-state index contributed by atoms with van der Waals surface area (Å²) in [5.74, 6) is -1.18. The minimum atomic E-state index is -1.60. The van der Waals surface area contributed by atoms with Crippen molar-refractivity contribution >= 4 is 11.9 Å². The van der Waals surface area contributed by atoms with Crippen LogP contribution in [0.25, 0.3) is 0 Å². The highest BCUT2D eigenvalue weighted by molar-refractivity contribution is 5.80. The highest BCUT2D eigenvalue weighted by Gasteiger charge is 2.47. The van der Waals surface area contributed by atoms with E-state index in [4.69, 9.17) is 14.2 Å². The minimum absolute atomic E-state index is 0.131. The average molecular weight is 968 g/mol. The molecule has 0 aromatic heterocycles. The standard InChI is InChI=1S/C57H109NO10/c1-4-7-10-13-16-19-22-25-28-31-34-37-40-43-49(60)48(58-56(65)50(61)44-41-38-35-32-29-26-23-20-17-14-11-8-5-2)47-66-57-55(54(64)53(63)51(46-59)67-57)68-52(62)45-42-39-36-33-30-27-24-21-18-15-12-9-6-3/h40,43,48-51,53-55,57,59-61,63-64H,4-39,41-42,44-47H2,1-3H3,(H,58,65)/b43-40+. The van der Waals surface area contributed by atoms with Crippen LogP contribution in [0.5, 0.6) is 0 Å². The molecule has 1 saturated heterocycles. The van der Waals surface area contributed by atoms with Crippen LogP contribution in [0.3, 0.4) is 0 Å². The summed E-state index contributed by atoms with van der Waals surface area (Å²) >= 11 is 0. The molecule has 1 fully saturated rings. The van der Waals surface area contributed by atoms with Crippen molar-refractivity contribution in [1.82, 2.24) is 5.32 Å². The van der Waals surface area contributed by atoms with Gasteiger partial charge in [0.1, 0.15) is 24.4 Å². The number of carbonyl (C=O) groups is 2. The van der Waals surface area contributed by atoms with Gasteiger partial charge in [-0.1, -0.05) is 258 Å². The first kappa shape index (κ1) is 64.4. The molecular formula is C57H109NO10. The van der Waals surface area contributed by atoms with Crippen LogP contribution in [-0.2, 0) is 23.8 Å². The lowest BCUT2D eigenvalue weighted by atomic mass is 9.99. The maximum Gasteiger partial charge on any atom is 0.306 e. The minimum Gasteiger partial charge on any atom is -0.454 e. The lowest BCUT2D eigenvalue weighted by Crippen LogP contribution is -2.61. The van der Waals surface area contributed by atoms with Crippen LogP contribution in [0.4, 0.5) is 0 Å². The van der Waals surface area contributed by atoms with Gasteiger partial charge in [0.2, 0.25) is 5.91 Å². The predicted molar refractivity (Wildman–Crippen MR) is 278 cm³/mol. The van der Waals surface area contributed by atoms with Crippen molar-refractivity contribution in [2.24, 2.45) is 0 Å². The van der Waals surface area contributed by atoms with E-state index in [-0.39, 0.29) is 13.0 Å². The van der Waals surface area contributed by atoms with Crippen LogP contribution in [0.1, 0.15) is 278 Å². The third-order valence-corrected chi connectivity index (χ3v) is 13.9. The van der Waals surface area contributed by atoms with Crippen LogP contribution >= 0.6 is 0 Å². The third kappa shape index (κ3) is 34.7. The lowest BCUT2D eigenvalue weighted by Gasteiger charge is -2.41. The fourth-order valence-corrected chi connectivity index (χ4v) is 9.30. The Morgan fingerprint density at radius 2 is 0.956 bits per heavy atom. The number of rotatable bonds is 49. The first-order valence-corrected chi connectivity index (χ1v) is 29.0. The highest BCUT2D eigenvalue weighted by atomic mass is 16.7. The fourth-order valence-electron chi connectivity index (χ4n) is 9.30. The van der Waals surface area contributed by atoms with E-state index < -0.39 is 67.4 Å². The summed E-state index contributed by atoms with van der Waals surface area (Å²) in [5, 5.41) is 56.8. The second-order valence-electron chi connectivity index (χ2n) is 20.4. The monoisotopic (exact) mass is 968 g/mol. The molecule has 1 amide bonds. The molecule has 68 heavy (non-hydrogen) atoms. The van der Waals surface area contributed by atoms with Crippen molar-refractivity contribution < 1.29 is 49.3 Å². The van der Waals surface area contributed by atoms with Gasteiger partial charge in [0, 0.05) is 6.42 Å². The van der Waals surface area contributed by atoms with Crippen molar-refractivity contribution in [1.29, 1.82) is 0 Å². The summed E-state index contributed by atoms with van der Waals surface area (Å²) < 4.78 is 17.6. The molecule has 402 valence electrons. The topological polar surface area (TPSA) is 175 Å². The predicted octanol–water partition coefficient (Wildman–Crippen LogP) is 12.8. The van der Waals surface area contributed by atoms with E-state index >= 15 is 0 Å². The Hall–Kier alpha value is -1.60. The van der Waals surface area contributed by atoms with Gasteiger partial charge in [-0.3, -0.25) is 9.59 Å². The number of ether oxygens (including phenoxy) is 3. The van der Waals surface area contributed by atoms with E-state index in [2.05, 4.69) is 26.1 Å². The summed E-state index contributed by atoms with van der Waals surface area (Å²) in [6.45, 7) is 5.79. The summed E-state index contributed by atoms with van der Waals surface area (Å²) in [6.07, 6.45) is 39.6. The van der Waals surface area contributed by atoms with E-state index in [1.165, 1.54) is 173 Å². The van der Waals surface area contributed by atoms with Crippen LogP contribution in [0.15, 0.2) is 12.2 Å². The summed E-state index contributed by atoms with van der Waals surface area (Å²) in [7, 11) is 0. The quantitative estimate of drug-likeness (QED) is 0.0196. The normalized spacial score (nSPS) is 19.9. The van der Waals surface area contributed by atoms with Crippen molar-refractivity contribution in [3.8, 4) is 0 Å². The molecule has 8 atom stereocenters. The zero-order valence-electron chi connectivity index (χ0n) is 44.2. The van der Waals surface area contributed by atoms with E-state index in [9.17, 15) is 35.1 Å². The maximum atomic E-state index is 13.4. The van der Waals surface area contributed by atoms with Gasteiger partial charge in [0.15, 0.2) is 12.4 Å². The zero-order valence-corrected chi connectivity index (χ0v) is 44.2. The van der Waals surface area contributed by atoms with Gasteiger partial charge < -0.3 is 45.1 Å². The van der Waals surface area contributed by atoms with Crippen molar-refractivity contribution in [2.45, 2.75) is 327 Å². The van der Waals surface area contributed by atoms with Crippen molar-refractivity contribution in [3.05, 3.63) is 12.2 Å². The number of hydrogen-bond donors (Lipinski definition) is 6. The molecule has 1 heterocycles. The van der Waals surface area contributed by atoms with E-state index in [1.54, 1.807) is 6.08 Å². The van der Waals surface area contributed by atoms with Gasteiger partial charge in [-0.2, -0.15) is 0 Å². The SMILES string of the molecule is CCCCCCCCCCCCC/C=C/C(O)C(COC1OC(CO)C(O)C(O)C1OC(=O)CCCCCCCCCCCCCCC)NC(=O)C(O)CCCCCCCCCCCCCCC. The molecule has 11 nitrogen and oxygen atoms in total. The highest BCUT2D eigenvalue weighted by Crippen LogP contribution is 2.26. The number of nitrogens with one attached hydrogen (secondary N) is 1. The van der Waals surface area contributed by atoms with Gasteiger partial charge in [-0.15, -0.1) is 0 Å². The number of aliphatic hydroxyl groups excluding tert-OH is 5. The number of allylic oxidation sites excluding steroid dienone is 1. The number of hydrogen-bond acceptors (Lipinski definition) is 10. The first-order chi connectivity index (χ1) is 33.2. The fraction of sp³-hybridized carbons (Fsp3) is 0.930. The van der Waals surface area contributed by atoms with Crippen LogP contribution in [0, 0.1) is 0 Å². The Morgan fingerprint density at radius 3 is 1.38 bits per heavy atom. The number of carbonyl (C=O) groups excluding carboxylic acids is 2. The zero-order chi connectivity index (χ0) is 49.7. The van der Waals surface area contributed by atoms with Gasteiger partial charge in [0.05, 0.1) is 25.4 Å². The molecule has 11 heteroatoms. The molecule has 0 aliphatic carbocycles. The molecule has 0 spiro atoms. The van der Waals surface area contributed by atoms with Crippen molar-refractivity contribution in [2.75, 3.05) is 13.2 Å². The second kappa shape index (κ2) is 46.5. The molecule has 6 N–H and O–H groups in total. The average Bonchev–Trinajstić information content (AvgIpc) is 3.33. The van der Waals surface area contributed by atoms with E-state index in [1.807, 2.05) is 6.08 Å². The molecule has 0 bridgehead atoms. The van der Waals surface area contributed by atoms with E-state index in [0.717, 1.165) is 57.8 Å². The molecule has 8 unspecified atom stereocenters. The molecule has 1 aliphatic rings. The number of amides is 1. The molecule has 0 aromatic carbocycles. The van der Waals surface area contributed by atoms with Gasteiger partial charge in [0.25, 0.3) is 0 Å². The number of esters is 1. The smallest absolute Gasteiger partial charge is 0.306 e. The summed E-state index contributed by atoms with van der Waals surface area (Å²) in [4.78, 5) is 26.4. The first-order valence-electron chi connectivity index (χ1n) is 29.0. The van der Waals surface area contributed by atoms with Gasteiger partial charge in [-0.05, 0) is 25.7 Å². The van der Waals surface area contributed by atoms with Crippen LogP contribution in [0.2, 0.25) is 0 Å².